The van der Waals surface area contributed by atoms with Gasteiger partial charge in [0.1, 0.15) is 6.10 Å². The normalized spacial score (nSPS) is 21.3. The number of ether oxygens (including phenoxy) is 1. The van der Waals surface area contributed by atoms with E-state index in [4.69, 9.17) is 4.74 Å². The lowest BCUT2D eigenvalue weighted by atomic mass is 9.99. The first-order chi connectivity index (χ1) is 10.1. The molecule has 5 nitrogen and oxygen atoms in total. The molecule has 1 fully saturated rings. The molecule has 2 aliphatic rings. The summed E-state index contributed by atoms with van der Waals surface area (Å²) in [5.74, 6) is 0.124. The maximum absolute atomic E-state index is 11.9. The molecule has 1 aromatic rings. The van der Waals surface area contributed by atoms with E-state index in [1.165, 1.54) is 5.56 Å². The van der Waals surface area contributed by atoms with Gasteiger partial charge in [0.15, 0.2) is 0 Å². The highest BCUT2D eigenvalue weighted by molar-refractivity contribution is 5.95. The molecule has 3 rings (SSSR count). The third kappa shape index (κ3) is 2.93. The van der Waals surface area contributed by atoms with Crippen molar-refractivity contribution in [1.29, 1.82) is 0 Å². The Bertz CT molecular complexity index is 565. The number of aryl methyl sites for hydroxylation is 1. The lowest BCUT2D eigenvalue weighted by molar-refractivity contribution is -0.130. The average Bonchev–Trinajstić information content (AvgIpc) is 3.03. The maximum atomic E-state index is 11.9. The van der Waals surface area contributed by atoms with Gasteiger partial charge in [-0.25, -0.2) is 0 Å². The lowest BCUT2D eigenvalue weighted by Gasteiger charge is -2.26. The number of carbonyl (C=O) groups excluding carboxylic acids is 2. The zero-order valence-electron chi connectivity index (χ0n) is 12.2. The Hall–Kier alpha value is -1.88. The number of fused-ring (bicyclic) bond motifs is 1. The number of nitrogens with one attached hydrogen (secondary N) is 1. The molecule has 0 saturated carbocycles. The van der Waals surface area contributed by atoms with Gasteiger partial charge in [0, 0.05) is 32.3 Å². The van der Waals surface area contributed by atoms with E-state index < -0.39 is 0 Å². The molecule has 112 valence electrons. The molecule has 2 heterocycles. The number of hydrogen-bond donors (Lipinski definition) is 1. The highest BCUT2D eigenvalue weighted by Gasteiger charge is 2.24. The first-order valence-corrected chi connectivity index (χ1v) is 7.43. The summed E-state index contributed by atoms with van der Waals surface area (Å²) in [5.41, 5.74) is 3.20. The lowest BCUT2D eigenvalue weighted by Crippen LogP contribution is -2.34. The molecule has 0 bridgehead atoms. The van der Waals surface area contributed by atoms with Gasteiger partial charge in [-0.05, 0) is 36.5 Å². The SMILES string of the molecule is CN1C(=O)CCc2cc(CNC(=O)C3CCCO3)ccc21. The molecule has 2 amide bonds. The molecule has 0 radical (unpaired) electrons. The summed E-state index contributed by atoms with van der Waals surface area (Å²) in [6.07, 6.45) is 2.80. The van der Waals surface area contributed by atoms with E-state index in [0.29, 0.717) is 19.6 Å². The van der Waals surface area contributed by atoms with Crippen LogP contribution in [0, 0.1) is 0 Å². The van der Waals surface area contributed by atoms with Crippen LogP contribution in [0.1, 0.15) is 30.4 Å². The maximum Gasteiger partial charge on any atom is 0.249 e. The second-order valence-corrected chi connectivity index (χ2v) is 5.64. The smallest absolute Gasteiger partial charge is 0.249 e. The van der Waals surface area contributed by atoms with Crippen LogP contribution in [0.15, 0.2) is 18.2 Å². The van der Waals surface area contributed by atoms with Gasteiger partial charge in [0.25, 0.3) is 0 Å². The number of nitrogens with zero attached hydrogens (tertiary/aromatic N) is 1. The minimum Gasteiger partial charge on any atom is -0.368 e. The predicted octanol–water partition coefficient (Wildman–Crippen LogP) is 1.39. The Labute approximate surface area is 124 Å². The zero-order valence-corrected chi connectivity index (χ0v) is 12.2. The topological polar surface area (TPSA) is 58.6 Å². The van der Waals surface area contributed by atoms with Gasteiger partial charge in [0.05, 0.1) is 0 Å². The van der Waals surface area contributed by atoms with Gasteiger partial charge in [-0.3, -0.25) is 9.59 Å². The average molecular weight is 288 g/mol. The minimum absolute atomic E-state index is 0.0301. The highest BCUT2D eigenvalue weighted by Crippen LogP contribution is 2.27. The standard InChI is InChI=1S/C16H20N2O3/c1-18-13-6-4-11(9-12(13)5-7-15(18)19)10-17-16(20)14-3-2-8-21-14/h4,6,9,14H,2-3,5,7-8,10H2,1H3,(H,17,20). The molecule has 0 aliphatic carbocycles. The van der Waals surface area contributed by atoms with Gasteiger partial charge in [-0.2, -0.15) is 0 Å². The summed E-state index contributed by atoms with van der Waals surface area (Å²) in [7, 11) is 1.80. The van der Waals surface area contributed by atoms with Gasteiger partial charge < -0.3 is 15.0 Å². The number of hydrogen-bond acceptors (Lipinski definition) is 3. The molecular weight excluding hydrogens is 268 g/mol. The molecule has 2 aliphatic heterocycles. The van der Waals surface area contributed by atoms with Crippen molar-refractivity contribution in [3.63, 3.8) is 0 Å². The molecule has 5 heteroatoms. The van der Waals surface area contributed by atoms with Gasteiger partial charge in [-0.1, -0.05) is 12.1 Å². The van der Waals surface area contributed by atoms with Crippen LogP contribution in [0.3, 0.4) is 0 Å². The zero-order chi connectivity index (χ0) is 14.8. The fraction of sp³-hybridized carbons (Fsp3) is 0.500. The molecule has 1 atom stereocenters. The third-order valence-electron chi connectivity index (χ3n) is 4.18. The summed E-state index contributed by atoms with van der Waals surface area (Å²) >= 11 is 0. The molecular formula is C16H20N2O3. The van der Waals surface area contributed by atoms with Crippen LogP contribution in [0.25, 0.3) is 0 Å². The van der Waals surface area contributed by atoms with E-state index in [1.807, 2.05) is 12.1 Å². The van der Waals surface area contributed by atoms with Crippen molar-refractivity contribution in [3.05, 3.63) is 29.3 Å². The minimum atomic E-state index is -0.286. The second kappa shape index (κ2) is 5.85. The molecule has 21 heavy (non-hydrogen) atoms. The van der Waals surface area contributed by atoms with E-state index in [-0.39, 0.29) is 17.9 Å². The number of benzene rings is 1. The Morgan fingerprint density at radius 1 is 1.43 bits per heavy atom. The van der Waals surface area contributed by atoms with Crippen molar-refractivity contribution in [2.75, 3.05) is 18.6 Å². The summed E-state index contributed by atoms with van der Waals surface area (Å²) in [6, 6.07) is 6.00. The van der Waals surface area contributed by atoms with E-state index in [1.54, 1.807) is 11.9 Å². The Kier molecular flexibility index (Phi) is 3.92. The quantitative estimate of drug-likeness (QED) is 0.914. The third-order valence-corrected chi connectivity index (χ3v) is 4.18. The second-order valence-electron chi connectivity index (χ2n) is 5.64. The summed E-state index contributed by atoms with van der Waals surface area (Å²) in [5, 5.41) is 2.92. The Balaban J connectivity index is 1.64. The van der Waals surface area contributed by atoms with Crippen molar-refractivity contribution < 1.29 is 14.3 Å². The van der Waals surface area contributed by atoms with Crippen LogP contribution in [0.2, 0.25) is 0 Å². The van der Waals surface area contributed by atoms with Crippen molar-refractivity contribution in [1.82, 2.24) is 5.32 Å². The van der Waals surface area contributed by atoms with Crippen molar-refractivity contribution in [2.45, 2.75) is 38.3 Å². The van der Waals surface area contributed by atoms with E-state index >= 15 is 0 Å². The summed E-state index contributed by atoms with van der Waals surface area (Å²) < 4.78 is 5.36. The van der Waals surface area contributed by atoms with Crippen LogP contribution in [0.4, 0.5) is 5.69 Å². The van der Waals surface area contributed by atoms with Gasteiger partial charge >= 0.3 is 0 Å². The first kappa shape index (κ1) is 14.1. The molecule has 0 aromatic heterocycles. The number of amides is 2. The van der Waals surface area contributed by atoms with Crippen LogP contribution in [-0.4, -0.2) is 31.6 Å². The van der Waals surface area contributed by atoms with Crippen LogP contribution in [0.5, 0.6) is 0 Å². The molecule has 1 saturated heterocycles. The van der Waals surface area contributed by atoms with Crippen molar-refractivity contribution in [3.8, 4) is 0 Å². The van der Waals surface area contributed by atoms with Gasteiger partial charge in [-0.15, -0.1) is 0 Å². The fourth-order valence-corrected chi connectivity index (χ4v) is 2.91. The molecule has 1 aromatic carbocycles. The molecule has 1 unspecified atom stereocenters. The monoisotopic (exact) mass is 288 g/mol. The van der Waals surface area contributed by atoms with Crippen molar-refractivity contribution >= 4 is 17.5 Å². The van der Waals surface area contributed by atoms with Crippen LogP contribution >= 0.6 is 0 Å². The predicted molar refractivity (Wildman–Crippen MR) is 79.0 cm³/mol. The Morgan fingerprint density at radius 2 is 2.29 bits per heavy atom. The van der Waals surface area contributed by atoms with E-state index in [0.717, 1.165) is 30.5 Å². The fourth-order valence-electron chi connectivity index (χ4n) is 2.91. The number of carbonyl (C=O) groups is 2. The van der Waals surface area contributed by atoms with E-state index in [9.17, 15) is 9.59 Å². The van der Waals surface area contributed by atoms with Crippen molar-refractivity contribution in [2.24, 2.45) is 0 Å². The number of anilines is 1. The molecule has 1 N–H and O–H groups in total. The largest absolute Gasteiger partial charge is 0.368 e. The van der Waals surface area contributed by atoms with E-state index in [2.05, 4.69) is 11.4 Å². The number of rotatable bonds is 3. The van der Waals surface area contributed by atoms with Crippen LogP contribution in [-0.2, 0) is 27.3 Å². The highest BCUT2D eigenvalue weighted by atomic mass is 16.5. The summed E-state index contributed by atoms with van der Waals surface area (Å²) in [6.45, 7) is 1.18. The van der Waals surface area contributed by atoms with Gasteiger partial charge in [0.2, 0.25) is 11.8 Å². The molecule has 0 spiro atoms. The van der Waals surface area contributed by atoms with Crippen LogP contribution < -0.4 is 10.2 Å². The summed E-state index contributed by atoms with van der Waals surface area (Å²) in [4.78, 5) is 25.3. The first-order valence-electron chi connectivity index (χ1n) is 7.43. The Morgan fingerprint density at radius 3 is 3.05 bits per heavy atom.